The van der Waals surface area contributed by atoms with Crippen LogP contribution >= 0.6 is 0 Å². The van der Waals surface area contributed by atoms with Gasteiger partial charge in [-0.1, -0.05) is 12.8 Å². The zero-order valence-electron chi connectivity index (χ0n) is 11.4. The van der Waals surface area contributed by atoms with Gasteiger partial charge in [-0.05, 0) is 31.6 Å². The van der Waals surface area contributed by atoms with Gasteiger partial charge in [-0.3, -0.25) is 5.32 Å². The molecule has 18 heavy (non-hydrogen) atoms. The fourth-order valence-corrected chi connectivity index (χ4v) is 4.22. The number of hydrogen-bond donors (Lipinski definition) is 1. The standard InChI is InChI=1S/C15H26N2O/c1-2-4-14-12(3-1)11-18-15(16-14)7-9-17(10-8-15)13-5-6-13/h12-14,16H,1-11H2. The zero-order chi connectivity index (χ0) is 12.0. The molecule has 2 aliphatic heterocycles. The normalized spacial score (nSPS) is 40.7. The van der Waals surface area contributed by atoms with Gasteiger partial charge in [0.2, 0.25) is 0 Å². The van der Waals surface area contributed by atoms with E-state index in [1.54, 1.807) is 0 Å². The van der Waals surface area contributed by atoms with Crippen LogP contribution in [0.1, 0.15) is 51.4 Å². The van der Waals surface area contributed by atoms with Crippen molar-refractivity contribution >= 4 is 0 Å². The highest BCUT2D eigenvalue weighted by molar-refractivity contribution is 4.97. The fraction of sp³-hybridized carbons (Fsp3) is 1.00. The van der Waals surface area contributed by atoms with E-state index in [-0.39, 0.29) is 5.72 Å². The van der Waals surface area contributed by atoms with Crippen molar-refractivity contribution in [2.75, 3.05) is 19.7 Å². The van der Waals surface area contributed by atoms with E-state index < -0.39 is 0 Å². The van der Waals surface area contributed by atoms with Gasteiger partial charge in [0, 0.05) is 38.0 Å². The first-order chi connectivity index (χ1) is 8.85. The molecule has 2 saturated carbocycles. The van der Waals surface area contributed by atoms with Gasteiger partial charge in [0.15, 0.2) is 0 Å². The molecule has 2 aliphatic carbocycles. The lowest BCUT2D eigenvalue weighted by Gasteiger charge is -2.51. The third-order valence-corrected chi connectivity index (χ3v) is 5.60. The molecule has 1 spiro atoms. The highest BCUT2D eigenvalue weighted by Crippen LogP contribution is 2.38. The summed E-state index contributed by atoms with van der Waals surface area (Å²) in [7, 11) is 0. The molecule has 0 amide bonds. The molecule has 4 fully saturated rings. The van der Waals surface area contributed by atoms with Crippen LogP contribution in [0.5, 0.6) is 0 Å². The molecule has 0 bridgehead atoms. The maximum atomic E-state index is 6.29. The second kappa shape index (κ2) is 4.46. The second-order valence-corrected chi connectivity index (χ2v) is 6.87. The number of fused-ring (bicyclic) bond motifs is 1. The van der Waals surface area contributed by atoms with Gasteiger partial charge >= 0.3 is 0 Å². The van der Waals surface area contributed by atoms with E-state index in [0.717, 1.165) is 24.6 Å². The summed E-state index contributed by atoms with van der Waals surface area (Å²) < 4.78 is 6.29. The van der Waals surface area contributed by atoms with Gasteiger partial charge in [0.25, 0.3) is 0 Å². The quantitative estimate of drug-likeness (QED) is 0.771. The van der Waals surface area contributed by atoms with Gasteiger partial charge < -0.3 is 9.64 Å². The maximum Gasteiger partial charge on any atom is 0.121 e. The van der Waals surface area contributed by atoms with E-state index in [2.05, 4.69) is 10.2 Å². The van der Waals surface area contributed by atoms with Crippen LogP contribution in [0.4, 0.5) is 0 Å². The number of likely N-dealkylation sites (tertiary alicyclic amines) is 1. The summed E-state index contributed by atoms with van der Waals surface area (Å²) in [6, 6.07) is 1.67. The lowest BCUT2D eigenvalue weighted by atomic mass is 9.81. The SMILES string of the molecule is C1CCC2NC3(CCN(C4CC4)CC3)OCC2C1. The fourth-order valence-electron chi connectivity index (χ4n) is 4.22. The topological polar surface area (TPSA) is 24.5 Å². The molecule has 3 heteroatoms. The van der Waals surface area contributed by atoms with Gasteiger partial charge in [0.1, 0.15) is 5.72 Å². The highest BCUT2D eigenvalue weighted by Gasteiger charge is 2.45. The molecule has 0 aromatic carbocycles. The van der Waals surface area contributed by atoms with E-state index in [0.29, 0.717) is 0 Å². The lowest BCUT2D eigenvalue weighted by Crippen LogP contribution is -2.64. The first-order valence-electron chi connectivity index (χ1n) is 8.00. The van der Waals surface area contributed by atoms with Crippen LogP contribution < -0.4 is 5.32 Å². The molecule has 1 N–H and O–H groups in total. The molecule has 2 saturated heterocycles. The van der Waals surface area contributed by atoms with Crippen molar-refractivity contribution < 1.29 is 4.74 Å². The van der Waals surface area contributed by atoms with Crippen molar-refractivity contribution in [2.24, 2.45) is 5.92 Å². The third kappa shape index (κ3) is 2.10. The maximum absolute atomic E-state index is 6.29. The Morgan fingerprint density at radius 2 is 1.78 bits per heavy atom. The van der Waals surface area contributed by atoms with Crippen LogP contribution in [0.2, 0.25) is 0 Å². The van der Waals surface area contributed by atoms with Crippen LogP contribution in [-0.4, -0.2) is 42.4 Å². The average Bonchev–Trinajstić information content (AvgIpc) is 3.24. The molecule has 3 nitrogen and oxygen atoms in total. The van der Waals surface area contributed by atoms with Crippen molar-refractivity contribution in [3.63, 3.8) is 0 Å². The first-order valence-corrected chi connectivity index (χ1v) is 8.00. The molecule has 2 atom stereocenters. The van der Waals surface area contributed by atoms with Crippen LogP contribution in [0, 0.1) is 5.92 Å². The minimum Gasteiger partial charge on any atom is -0.360 e. The highest BCUT2D eigenvalue weighted by atomic mass is 16.5. The van der Waals surface area contributed by atoms with Crippen molar-refractivity contribution in [3.05, 3.63) is 0 Å². The monoisotopic (exact) mass is 250 g/mol. The molecule has 0 aromatic heterocycles. The van der Waals surface area contributed by atoms with Gasteiger partial charge in [-0.15, -0.1) is 0 Å². The third-order valence-electron chi connectivity index (χ3n) is 5.60. The smallest absolute Gasteiger partial charge is 0.121 e. The van der Waals surface area contributed by atoms with Gasteiger partial charge in [-0.25, -0.2) is 0 Å². The number of ether oxygens (including phenoxy) is 1. The number of rotatable bonds is 1. The predicted molar refractivity (Wildman–Crippen MR) is 71.4 cm³/mol. The van der Waals surface area contributed by atoms with E-state index in [9.17, 15) is 0 Å². The van der Waals surface area contributed by atoms with Gasteiger partial charge in [-0.2, -0.15) is 0 Å². The summed E-state index contributed by atoms with van der Waals surface area (Å²) in [6.45, 7) is 3.51. The molecule has 0 radical (unpaired) electrons. The second-order valence-electron chi connectivity index (χ2n) is 6.87. The Morgan fingerprint density at radius 3 is 2.56 bits per heavy atom. The van der Waals surface area contributed by atoms with Crippen LogP contribution in [0.15, 0.2) is 0 Å². The van der Waals surface area contributed by atoms with Crippen LogP contribution in [0.3, 0.4) is 0 Å². The summed E-state index contributed by atoms with van der Waals surface area (Å²) in [5.74, 6) is 0.797. The largest absolute Gasteiger partial charge is 0.360 e. The first kappa shape index (κ1) is 11.7. The van der Waals surface area contributed by atoms with Crippen molar-refractivity contribution in [3.8, 4) is 0 Å². The van der Waals surface area contributed by atoms with Crippen molar-refractivity contribution in [1.82, 2.24) is 10.2 Å². The lowest BCUT2D eigenvalue weighted by molar-refractivity contribution is -0.165. The van der Waals surface area contributed by atoms with E-state index in [4.69, 9.17) is 4.74 Å². The minimum atomic E-state index is 0.0455. The Hall–Kier alpha value is -0.120. The zero-order valence-corrected chi connectivity index (χ0v) is 11.4. The van der Waals surface area contributed by atoms with Crippen molar-refractivity contribution in [1.29, 1.82) is 0 Å². The molecule has 4 rings (SSSR count). The molecular weight excluding hydrogens is 224 g/mol. The molecule has 2 unspecified atom stereocenters. The Labute approximate surface area is 110 Å². The Bertz CT molecular complexity index is 308. The number of hydrogen-bond acceptors (Lipinski definition) is 3. The summed E-state index contributed by atoms with van der Waals surface area (Å²) in [6.07, 6.45) is 10.9. The summed E-state index contributed by atoms with van der Waals surface area (Å²) in [5.41, 5.74) is 0.0455. The van der Waals surface area contributed by atoms with E-state index >= 15 is 0 Å². The van der Waals surface area contributed by atoms with Crippen molar-refractivity contribution in [2.45, 2.75) is 69.2 Å². The van der Waals surface area contributed by atoms with E-state index in [1.807, 2.05) is 0 Å². The Kier molecular flexibility index (Phi) is 2.90. The van der Waals surface area contributed by atoms with E-state index in [1.165, 1.54) is 64.5 Å². The predicted octanol–water partition coefficient (Wildman–Crippen LogP) is 2.12. The Balaban J connectivity index is 1.39. The molecular formula is C15H26N2O. The van der Waals surface area contributed by atoms with Crippen LogP contribution in [0.25, 0.3) is 0 Å². The number of nitrogens with zero attached hydrogens (tertiary/aromatic N) is 1. The molecule has 4 aliphatic rings. The molecule has 2 heterocycles. The molecule has 102 valence electrons. The van der Waals surface area contributed by atoms with Crippen LogP contribution in [-0.2, 0) is 4.74 Å². The Morgan fingerprint density at radius 1 is 1.00 bits per heavy atom. The molecule has 0 aromatic rings. The summed E-state index contributed by atoms with van der Waals surface area (Å²) in [4.78, 5) is 2.68. The minimum absolute atomic E-state index is 0.0455. The average molecular weight is 250 g/mol. The number of piperidine rings is 1. The van der Waals surface area contributed by atoms with Gasteiger partial charge in [0.05, 0.1) is 6.61 Å². The summed E-state index contributed by atoms with van der Waals surface area (Å²) in [5, 5.41) is 3.90. The number of nitrogens with one attached hydrogen (secondary N) is 1. The summed E-state index contributed by atoms with van der Waals surface area (Å²) >= 11 is 0.